The second kappa shape index (κ2) is 17.3. The van der Waals surface area contributed by atoms with E-state index in [9.17, 15) is 4.79 Å². The van der Waals surface area contributed by atoms with Crippen molar-refractivity contribution in [1.29, 1.82) is 0 Å². The van der Waals surface area contributed by atoms with E-state index in [4.69, 9.17) is 4.74 Å². The number of carbonyl (C=O) groups is 1. The van der Waals surface area contributed by atoms with E-state index >= 15 is 0 Å². The predicted molar refractivity (Wildman–Crippen MR) is 111 cm³/mol. The van der Waals surface area contributed by atoms with Crippen LogP contribution in [-0.2, 0) is 9.53 Å². The molecule has 0 bridgehead atoms. The standard InChI is InChI=1S/C22H40N2O2/c1-2-3-4-5-6-7-8-9-10-11-12-20-26-22(25)16-19-23-18-15-21-14-13-17-24-21/h14,17,23H,2-13,15-16,18-20H2,1H3. The highest BCUT2D eigenvalue weighted by Gasteiger charge is 2.03. The zero-order valence-corrected chi connectivity index (χ0v) is 16.9. The Kier molecular flexibility index (Phi) is 15.2. The topological polar surface area (TPSA) is 50.7 Å². The largest absolute Gasteiger partial charge is 0.466 e. The van der Waals surface area contributed by atoms with Crippen molar-refractivity contribution < 1.29 is 9.53 Å². The lowest BCUT2D eigenvalue weighted by atomic mass is 10.1. The van der Waals surface area contributed by atoms with Gasteiger partial charge in [0.25, 0.3) is 0 Å². The van der Waals surface area contributed by atoms with Crippen LogP contribution in [0.5, 0.6) is 0 Å². The normalized spacial score (nSPS) is 13.2. The third-order valence-electron chi connectivity index (χ3n) is 4.79. The van der Waals surface area contributed by atoms with Crippen LogP contribution in [0.15, 0.2) is 16.8 Å². The highest BCUT2D eigenvalue weighted by atomic mass is 16.5. The molecule has 4 heteroatoms. The molecule has 0 amide bonds. The first kappa shape index (κ1) is 22.9. The Hall–Kier alpha value is -1.16. The molecule has 1 aliphatic rings. The van der Waals surface area contributed by atoms with Gasteiger partial charge in [-0.25, -0.2) is 0 Å². The van der Waals surface area contributed by atoms with Crippen molar-refractivity contribution in [2.75, 3.05) is 19.7 Å². The molecular weight excluding hydrogens is 324 g/mol. The van der Waals surface area contributed by atoms with Crippen LogP contribution < -0.4 is 5.32 Å². The lowest BCUT2D eigenvalue weighted by molar-refractivity contribution is -0.143. The molecule has 1 aliphatic heterocycles. The number of nitrogens with zero attached hydrogens (tertiary/aromatic N) is 1. The summed E-state index contributed by atoms with van der Waals surface area (Å²) in [5, 5.41) is 3.27. The Bertz CT molecular complexity index is 405. The van der Waals surface area contributed by atoms with Gasteiger partial charge in [-0.2, -0.15) is 0 Å². The maximum atomic E-state index is 11.6. The van der Waals surface area contributed by atoms with Gasteiger partial charge >= 0.3 is 5.97 Å². The van der Waals surface area contributed by atoms with Gasteiger partial charge in [0.1, 0.15) is 0 Å². The summed E-state index contributed by atoms with van der Waals surface area (Å²) in [7, 11) is 0. The molecule has 0 atom stereocenters. The minimum absolute atomic E-state index is 0.0808. The zero-order valence-electron chi connectivity index (χ0n) is 16.9. The fourth-order valence-corrected chi connectivity index (χ4v) is 3.13. The minimum Gasteiger partial charge on any atom is -0.466 e. The summed E-state index contributed by atoms with van der Waals surface area (Å²) in [6.45, 7) is 4.40. The first-order valence-corrected chi connectivity index (χ1v) is 10.9. The number of allylic oxidation sites excluding steroid dienone is 1. The molecule has 1 N–H and O–H groups in total. The molecule has 0 unspecified atom stereocenters. The van der Waals surface area contributed by atoms with Gasteiger partial charge in [-0.1, -0.05) is 77.2 Å². The van der Waals surface area contributed by atoms with Crippen molar-refractivity contribution in [2.24, 2.45) is 4.99 Å². The minimum atomic E-state index is -0.0808. The summed E-state index contributed by atoms with van der Waals surface area (Å²) in [5.74, 6) is -0.0808. The van der Waals surface area contributed by atoms with Crippen molar-refractivity contribution in [3.05, 3.63) is 11.8 Å². The highest BCUT2D eigenvalue weighted by molar-refractivity contribution is 5.69. The zero-order chi connectivity index (χ0) is 18.7. The molecule has 0 saturated carbocycles. The van der Waals surface area contributed by atoms with E-state index in [-0.39, 0.29) is 5.97 Å². The van der Waals surface area contributed by atoms with E-state index in [1.54, 1.807) is 0 Å². The summed E-state index contributed by atoms with van der Waals surface area (Å²) in [6, 6.07) is 0. The Morgan fingerprint density at radius 1 is 1.00 bits per heavy atom. The van der Waals surface area contributed by atoms with Crippen LogP contribution in [0.3, 0.4) is 0 Å². The molecule has 1 rings (SSSR count). The number of unbranched alkanes of at least 4 members (excludes halogenated alkanes) is 10. The van der Waals surface area contributed by atoms with Gasteiger partial charge in [-0.3, -0.25) is 9.79 Å². The Morgan fingerprint density at radius 3 is 2.27 bits per heavy atom. The van der Waals surface area contributed by atoms with Gasteiger partial charge < -0.3 is 10.1 Å². The molecule has 0 fully saturated rings. The number of esters is 1. The van der Waals surface area contributed by atoms with Crippen LogP contribution in [-0.4, -0.2) is 31.9 Å². The highest BCUT2D eigenvalue weighted by Crippen LogP contribution is 2.11. The molecule has 0 aromatic heterocycles. The number of hydrogen-bond acceptors (Lipinski definition) is 4. The molecule has 0 aliphatic carbocycles. The fourth-order valence-electron chi connectivity index (χ4n) is 3.13. The van der Waals surface area contributed by atoms with Crippen molar-refractivity contribution in [2.45, 2.75) is 96.8 Å². The average molecular weight is 365 g/mol. The van der Waals surface area contributed by atoms with Crippen LogP contribution >= 0.6 is 0 Å². The monoisotopic (exact) mass is 364 g/mol. The molecule has 0 aromatic rings. The van der Waals surface area contributed by atoms with Gasteiger partial charge in [0.05, 0.1) is 13.0 Å². The second-order valence-corrected chi connectivity index (χ2v) is 7.25. The van der Waals surface area contributed by atoms with E-state index in [1.807, 2.05) is 6.21 Å². The van der Waals surface area contributed by atoms with Gasteiger partial charge in [-0.05, 0) is 6.42 Å². The summed E-state index contributed by atoms with van der Waals surface area (Å²) in [6.07, 6.45) is 20.9. The SMILES string of the molecule is CCCCCCCCCCCCCOC(=O)CCNCCC1=CCC=N1. The number of aliphatic imine (C=N–C) groups is 1. The number of carbonyl (C=O) groups excluding carboxylic acids is 1. The van der Waals surface area contributed by atoms with E-state index in [1.165, 1.54) is 64.2 Å². The molecule has 0 aromatic carbocycles. The van der Waals surface area contributed by atoms with Gasteiger partial charge in [0.15, 0.2) is 0 Å². The average Bonchev–Trinajstić information content (AvgIpc) is 3.16. The van der Waals surface area contributed by atoms with Crippen LogP contribution in [0.1, 0.15) is 96.8 Å². The number of nitrogens with one attached hydrogen (secondary N) is 1. The van der Waals surface area contributed by atoms with Crippen molar-refractivity contribution in [3.8, 4) is 0 Å². The Morgan fingerprint density at radius 2 is 1.65 bits per heavy atom. The van der Waals surface area contributed by atoms with E-state index in [0.717, 1.165) is 31.5 Å². The molecule has 26 heavy (non-hydrogen) atoms. The Balaban J connectivity index is 1.74. The van der Waals surface area contributed by atoms with Gasteiger partial charge in [0.2, 0.25) is 0 Å². The maximum Gasteiger partial charge on any atom is 0.307 e. The second-order valence-electron chi connectivity index (χ2n) is 7.25. The van der Waals surface area contributed by atoms with Crippen molar-refractivity contribution in [1.82, 2.24) is 5.32 Å². The number of rotatable bonds is 18. The summed E-state index contributed by atoms with van der Waals surface area (Å²) in [4.78, 5) is 15.9. The van der Waals surface area contributed by atoms with Crippen molar-refractivity contribution >= 4 is 12.2 Å². The van der Waals surface area contributed by atoms with Gasteiger partial charge in [0, 0.05) is 37.8 Å². The predicted octanol–water partition coefficient (Wildman–Crippen LogP) is 5.57. The van der Waals surface area contributed by atoms with Crippen LogP contribution in [0.4, 0.5) is 0 Å². The van der Waals surface area contributed by atoms with Crippen LogP contribution in [0.25, 0.3) is 0 Å². The van der Waals surface area contributed by atoms with Crippen molar-refractivity contribution in [3.63, 3.8) is 0 Å². The number of ether oxygens (including phenoxy) is 1. The first-order valence-electron chi connectivity index (χ1n) is 10.9. The molecule has 4 nitrogen and oxygen atoms in total. The smallest absolute Gasteiger partial charge is 0.307 e. The summed E-state index contributed by atoms with van der Waals surface area (Å²) >= 11 is 0. The maximum absolute atomic E-state index is 11.6. The van der Waals surface area contributed by atoms with E-state index < -0.39 is 0 Å². The van der Waals surface area contributed by atoms with E-state index in [2.05, 4.69) is 23.3 Å². The molecular formula is C22H40N2O2. The lowest BCUT2D eigenvalue weighted by Crippen LogP contribution is -2.20. The molecule has 0 radical (unpaired) electrons. The lowest BCUT2D eigenvalue weighted by Gasteiger charge is -2.06. The summed E-state index contributed by atoms with van der Waals surface area (Å²) in [5.41, 5.74) is 1.15. The quantitative estimate of drug-likeness (QED) is 0.255. The van der Waals surface area contributed by atoms with E-state index in [0.29, 0.717) is 19.6 Å². The molecule has 0 spiro atoms. The summed E-state index contributed by atoms with van der Waals surface area (Å²) < 4.78 is 5.29. The van der Waals surface area contributed by atoms with Crippen LogP contribution in [0, 0.1) is 0 Å². The Labute approximate surface area is 160 Å². The number of hydrogen-bond donors (Lipinski definition) is 1. The third kappa shape index (κ3) is 14.1. The van der Waals surface area contributed by atoms with Crippen LogP contribution in [0.2, 0.25) is 0 Å². The third-order valence-corrected chi connectivity index (χ3v) is 4.79. The molecule has 0 saturated heterocycles. The van der Waals surface area contributed by atoms with Gasteiger partial charge in [-0.15, -0.1) is 0 Å². The first-order chi connectivity index (χ1) is 12.8. The molecule has 1 heterocycles. The fraction of sp³-hybridized carbons (Fsp3) is 0.818. The molecule has 150 valence electrons.